The van der Waals surface area contributed by atoms with Crippen LogP contribution in [0.4, 0.5) is 0 Å². The summed E-state index contributed by atoms with van der Waals surface area (Å²) in [4.78, 5) is 0. The van der Waals surface area contributed by atoms with E-state index in [-0.39, 0.29) is 0 Å². The lowest BCUT2D eigenvalue weighted by Gasteiger charge is -2.17. The van der Waals surface area contributed by atoms with Crippen molar-refractivity contribution in [2.45, 2.75) is 0 Å². The molecule has 14 aromatic rings. The Hall–Kier alpha value is -7.24. The van der Waals surface area contributed by atoms with E-state index in [2.05, 4.69) is 203 Å². The van der Waals surface area contributed by atoms with Gasteiger partial charge in [0.2, 0.25) is 0 Å². The van der Waals surface area contributed by atoms with Crippen molar-refractivity contribution in [3.05, 3.63) is 194 Å². The molecule has 2 nitrogen and oxygen atoms in total. The molecule has 0 aliphatic carbocycles. The van der Waals surface area contributed by atoms with Crippen molar-refractivity contribution >= 4 is 128 Å². The Morgan fingerprint density at radius 1 is 0.300 bits per heavy atom. The minimum absolute atomic E-state index is 1.14. The number of aromatic nitrogens is 2. The number of fused-ring (bicyclic) bond motifs is 17. The summed E-state index contributed by atoms with van der Waals surface area (Å²) in [7, 11) is 0. The highest BCUT2D eigenvalue weighted by Gasteiger charge is 2.22. The van der Waals surface area contributed by atoms with E-state index in [1.54, 1.807) is 0 Å². The molecule has 0 bridgehead atoms. The third kappa shape index (κ3) is 4.41. The zero-order valence-corrected chi connectivity index (χ0v) is 33.8. The van der Waals surface area contributed by atoms with Crippen molar-refractivity contribution in [3.63, 3.8) is 0 Å². The van der Waals surface area contributed by atoms with Crippen LogP contribution in [0.5, 0.6) is 0 Å². The molecule has 278 valence electrons. The summed E-state index contributed by atoms with van der Waals surface area (Å²) in [6.07, 6.45) is 0. The summed E-state index contributed by atoms with van der Waals surface area (Å²) in [6, 6.07) is 72.4. The molecule has 4 aromatic heterocycles. The molecular weight excluding hydrogens is 765 g/mol. The highest BCUT2D eigenvalue weighted by molar-refractivity contribution is 7.27. The van der Waals surface area contributed by atoms with Gasteiger partial charge in [0.25, 0.3) is 0 Å². The molecular formula is C56H32N2S2. The Kier molecular flexibility index (Phi) is 6.62. The maximum Gasteiger partial charge on any atom is 0.0555 e. The van der Waals surface area contributed by atoms with Gasteiger partial charge in [-0.25, -0.2) is 0 Å². The molecule has 10 aromatic carbocycles. The summed E-state index contributed by atoms with van der Waals surface area (Å²) < 4.78 is 10.4. The van der Waals surface area contributed by atoms with Crippen molar-refractivity contribution in [2.24, 2.45) is 0 Å². The highest BCUT2D eigenvalue weighted by Crippen LogP contribution is 2.47. The maximum absolute atomic E-state index is 2.52. The van der Waals surface area contributed by atoms with Crippen LogP contribution in [0.2, 0.25) is 0 Å². The Balaban J connectivity index is 1.14. The van der Waals surface area contributed by atoms with E-state index in [1.807, 2.05) is 22.7 Å². The van der Waals surface area contributed by atoms with Crippen LogP contribution in [0.3, 0.4) is 0 Å². The quantitative estimate of drug-likeness (QED) is 0.158. The lowest BCUT2D eigenvalue weighted by molar-refractivity contribution is 1.14. The number of benzene rings is 10. The molecule has 0 atom stereocenters. The predicted octanol–water partition coefficient (Wildman–Crippen LogP) is 16.6. The number of para-hydroxylation sites is 2. The average molecular weight is 797 g/mol. The van der Waals surface area contributed by atoms with Crippen molar-refractivity contribution in [2.75, 3.05) is 0 Å². The Bertz CT molecular complexity index is 3930. The summed E-state index contributed by atoms with van der Waals surface area (Å²) in [5, 5.41) is 15.5. The van der Waals surface area contributed by atoms with Crippen LogP contribution in [0.1, 0.15) is 0 Å². The molecule has 0 N–H and O–H groups in total. The van der Waals surface area contributed by atoms with E-state index in [1.165, 1.54) is 117 Å². The Morgan fingerprint density at radius 3 is 1.32 bits per heavy atom. The van der Waals surface area contributed by atoms with Crippen molar-refractivity contribution < 1.29 is 0 Å². The first-order valence-corrected chi connectivity index (χ1v) is 22.1. The molecule has 0 fully saturated rings. The molecule has 4 heterocycles. The van der Waals surface area contributed by atoms with Crippen LogP contribution in [-0.2, 0) is 0 Å². The van der Waals surface area contributed by atoms with Gasteiger partial charge in [-0.1, -0.05) is 133 Å². The van der Waals surface area contributed by atoms with E-state index in [4.69, 9.17) is 0 Å². The monoisotopic (exact) mass is 796 g/mol. The lowest BCUT2D eigenvalue weighted by Crippen LogP contribution is -2.00. The molecule has 4 heteroatoms. The first-order chi connectivity index (χ1) is 29.8. The summed E-state index contributed by atoms with van der Waals surface area (Å²) in [5.74, 6) is 0. The van der Waals surface area contributed by atoms with Gasteiger partial charge in [-0.05, 0) is 93.3 Å². The van der Waals surface area contributed by atoms with E-state index in [0.717, 1.165) is 11.4 Å². The third-order valence-corrected chi connectivity index (χ3v) is 15.3. The van der Waals surface area contributed by atoms with Crippen LogP contribution in [-0.4, -0.2) is 9.13 Å². The average Bonchev–Trinajstić information content (AvgIpc) is 4.06. The zero-order valence-electron chi connectivity index (χ0n) is 32.2. The van der Waals surface area contributed by atoms with Gasteiger partial charge in [-0.3, -0.25) is 0 Å². The highest BCUT2D eigenvalue weighted by atomic mass is 32.1. The topological polar surface area (TPSA) is 9.86 Å². The fourth-order valence-electron chi connectivity index (χ4n) is 10.3. The fourth-order valence-corrected chi connectivity index (χ4v) is 12.8. The van der Waals surface area contributed by atoms with Gasteiger partial charge in [-0.15, -0.1) is 22.7 Å². The van der Waals surface area contributed by atoms with Crippen LogP contribution in [0.25, 0.3) is 128 Å². The first-order valence-electron chi connectivity index (χ1n) is 20.5. The molecule has 14 rings (SSSR count). The lowest BCUT2D eigenvalue weighted by atomic mass is 9.93. The van der Waals surface area contributed by atoms with Gasteiger partial charge in [-0.2, -0.15) is 0 Å². The largest absolute Gasteiger partial charge is 0.309 e. The van der Waals surface area contributed by atoms with E-state index >= 15 is 0 Å². The van der Waals surface area contributed by atoms with Gasteiger partial charge in [0.15, 0.2) is 0 Å². The van der Waals surface area contributed by atoms with E-state index in [9.17, 15) is 0 Å². The predicted molar refractivity (Wildman–Crippen MR) is 261 cm³/mol. The summed E-state index contributed by atoms with van der Waals surface area (Å²) >= 11 is 3.81. The van der Waals surface area contributed by atoms with Crippen molar-refractivity contribution in [1.29, 1.82) is 0 Å². The smallest absolute Gasteiger partial charge is 0.0555 e. The molecule has 0 radical (unpaired) electrons. The minimum atomic E-state index is 1.14. The Labute approximate surface area is 352 Å². The van der Waals surface area contributed by atoms with Gasteiger partial charge in [0, 0.05) is 73.3 Å². The number of rotatable bonds is 3. The number of thiophene rings is 2. The van der Waals surface area contributed by atoms with Crippen LogP contribution >= 0.6 is 22.7 Å². The third-order valence-electron chi connectivity index (χ3n) is 12.9. The van der Waals surface area contributed by atoms with E-state index in [0.29, 0.717) is 0 Å². The molecule has 0 saturated heterocycles. The van der Waals surface area contributed by atoms with Crippen LogP contribution in [0, 0.1) is 0 Å². The normalized spacial score (nSPS) is 12.3. The van der Waals surface area contributed by atoms with E-state index < -0.39 is 0 Å². The van der Waals surface area contributed by atoms with Gasteiger partial charge in [0.1, 0.15) is 0 Å². The van der Waals surface area contributed by atoms with Gasteiger partial charge >= 0.3 is 0 Å². The molecule has 0 amide bonds. The summed E-state index contributed by atoms with van der Waals surface area (Å²) in [6.45, 7) is 0. The molecule has 0 saturated carbocycles. The van der Waals surface area contributed by atoms with Crippen molar-refractivity contribution in [3.8, 4) is 22.5 Å². The minimum Gasteiger partial charge on any atom is -0.309 e. The molecule has 0 unspecified atom stereocenters. The molecule has 0 aliphatic rings. The second-order valence-corrected chi connectivity index (χ2v) is 18.1. The standard InChI is InChI=1S/C56H32N2S2/c1-2-14-37-33(13-1)31-46(39-16-4-3-15-38(37)39)34-29-35(57-47-21-9-5-19-44(47)53-49(57)27-25-42-40-17-7-11-23-51(40)59-55(42)53)32-36(30-34)58-48-22-10-6-20-45(48)54-50(58)28-26-43-41-18-8-12-24-52(41)60-56(43)54/h1-32H. The Morgan fingerprint density at radius 2 is 0.750 bits per heavy atom. The maximum atomic E-state index is 2.52. The molecule has 0 aliphatic heterocycles. The molecule has 60 heavy (non-hydrogen) atoms. The van der Waals surface area contributed by atoms with Crippen molar-refractivity contribution in [1.82, 2.24) is 9.13 Å². The van der Waals surface area contributed by atoms with Crippen LogP contribution in [0.15, 0.2) is 194 Å². The number of hydrogen-bond donors (Lipinski definition) is 0. The van der Waals surface area contributed by atoms with Gasteiger partial charge < -0.3 is 9.13 Å². The zero-order chi connectivity index (χ0) is 39.1. The molecule has 0 spiro atoms. The number of nitrogens with zero attached hydrogens (tertiary/aromatic N) is 2. The first kappa shape index (κ1) is 32.7. The van der Waals surface area contributed by atoms with Gasteiger partial charge in [0.05, 0.1) is 22.1 Å². The number of hydrogen-bond acceptors (Lipinski definition) is 2. The summed E-state index contributed by atoms with van der Waals surface area (Å²) in [5.41, 5.74) is 9.54. The fraction of sp³-hybridized carbons (Fsp3) is 0. The SMILES string of the molecule is c1ccc2c(c1)cc(-c1cc(-n3c4ccccc4c4c5sc6ccccc6c5ccc43)cc(-n3c4ccccc4c4c5sc6ccccc6c5ccc43)c1)c1ccccc12. The second-order valence-electron chi connectivity index (χ2n) is 16.0. The second kappa shape index (κ2) is 12.2. The van der Waals surface area contributed by atoms with Crippen LogP contribution < -0.4 is 0 Å².